The van der Waals surface area contributed by atoms with Crippen LogP contribution < -0.4 is 16.4 Å². The number of Topliss-reactive ketones (excluding diaryl/α,β-unsaturated/α-hetero) is 1. The summed E-state index contributed by atoms with van der Waals surface area (Å²) in [5.41, 5.74) is 3.47. The Balaban J connectivity index is 1.31. The van der Waals surface area contributed by atoms with Gasteiger partial charge in [-0.1, -0.05) is 64.9 Å². The maximum atomic E-state index is 15.3. The predicted octanol–water partition coefficient (Wildman–Crippen LogP) is 4.87. The van der Waals surface area contributed by atoms with E-state index in [9.17, 15) is 30.6 Å². The van der Waals surface area contributed by atoms with Crippen molar-refractivity contribution in [3.05, 3.63) is 35.2 Å². The quantitative estimate of drug-likeness (QED) is 0.102. The van der Waals surface area contributed by atoms with Crippen molar-refractivity contribution in [1.82, 2.24) is 10.6 Å². The van der Waals surface area contributed by atoms with Crippen molar-refractivity contribution in [2.45, 2.75) is 191 Å². The van der Waals surface area contributed by atoms with Crippen LogP contribution in [-0.4, -0.2) is 97.5 Å². The van der Waals surface area contributed by atoms with E-state index in [2.05, 4.69) is 24.5 Å². The smallest absolute Gasteiger partial charge is 0.182 e. The van der Waals surface area contributed by atoms with Crippen LogP contribution in [0.2, 0.25) is 0 Å². The summed E-state index contributed by atoms with van der Waals surface area (Å²) < 4.78 is 6.40. The number of aliphatic hydroxyl groups excluding tert-OH is 4. The lowest BCUT2D eigenvalue weighted by Gasteiger charge is -2.65. The SMILES string of the molecule is CCCCCC[C@@H]1CO[C@@H]([C@@H](O)[C@](C)(O)[C@H]2CC[C@@]3(O)C4=C(NC[C@H](C)O)C(=O)[C@@H]5C[C@@H](O)[C@@H](O)C[C@]5(CCC5=CNC(N)C=C5)[C@H]4CC[C@]23C2CCCCC2)[C@H]1C. The number of dihydropyridines is 1. The van der Waals surface area contributed by atoms with Gasteiger partial charge >= 0.3 is 0 Å². The number of aliphatic hydroxyl groups is 6. The molecule has 0 spiro atoms. The minimum atomic E-state index is -1.59. The molecule has 0 amide bonds. The van der Waals surface area contributed by atoms with E-state index in [1.165, 1.54) is 19.3 Å². The number of nitrogens with two attached hydrogens (primary N) is 1. The number of carbonyl (C=O) groups excluding carboxylic acids is 1. The average molecular weight is 812 g/mol. The third-order valence-corrected chi connectivity index (χ3v) is 17.1. The molecule has 11 heteroatoms. The lowest BCUT2D eigenvalue weighted by molar-refractivity contribution is -0.218. The Hall–Kier alpha value is -1.83. The molecule has 2 heterocycles. The number of ketones is 1. The van der Waals surface area contributed by atoms with Crippen LogP contribution in [0.25, 0.3) is 0 Å². The van der Waals surface area contributed by atoms with Crippen LogP contribution in [0.1, 0.15) is 143 Å². The van der Waals surface area contributed by atoms with Crippen molar-refractivity contribution in [3.8, 4) is 0 Å². The fourth-order valence-corrected chi connectivity index (χ4v) is 14.1. The molecule has 5 aliphatic carbocycles. The normalized spacial score (nSPS) is 42.5. The molecule has 15 atom stereocenters. The third kappa shape index (κ3) is 7.58. The maximum absolute atomic E-state index is 15.3. The second kappa shape index (κ2) is 17.5. The van der Waals surface area contributed by atoms with Gasteiger partial charge in [0.05, 0.1) is 54.1 Å². The van der Waals surface area contributed by atoms with E-state index >= 15 is 4.79 Å². The zero-order valence-corrected chi connectivity index (χ0v) is 35.9. The van der Waals surface area contributed by atoms with Crippen molar-refractivity contribution in [2.24, 2.45) is 52.1 Å². The van der Waals surface area contributed by atoms with Crippen LogP contribution in [-0.2, 0) is 9.53 Å². The summed E-state index contributed by atoms with van der Waals surface area (Å²) in [5, 5.41) is 79.2. The van der Waals surface area contributed by atoms with Crippen LogP contribution in [0.15, 0.2) is 35.2 Å². The molecule has 7 rings (SSSR count). The summed E-state index contributed by atoms with van der Waals surface area (Å²) in [6.07, 6.45) is 15.4. The van der Waals surface area contributed by atoms with Crippen LogP contribution in [0, 0.1) is 46.3 Å². The fraction of sp³-hybridized carbons (Fsp3) is 0.851. The Morgan fingerprint density at radius 1 is 1.05 bits per heavy atom. The van der Waals surface area contributed by atoms with Crippen LogP contribution in [0.3, 0.4) is 0 Å². The second-order valence-electron chi connectivity index (χ2n) is 20.4. The van der Waals surface area contributed by atoms with Crippen molar-refractivity contribution < 1.29 is 40.2 Å². The molecule has 0 aromatic rings. The largest absolute Gasteiger partial charge is 0.392 e. The fourth-order valence-electron chi connectivity index (χ4n) is 14.1. The van der Waals surface area contributed by atoms with Crippen molar-refractivity contribution in [2.75, 3.05) is 13.2 Å². The van der Waals surface area contributed by atoms with Gasteiger partial charge in [-0.15, -0.1) is 0 Å². The van der Waals surface area contributed by atoms with Gasteiger partial charge < -0.3 is 51.7 Å². The molecule has 1 unspecified atom stereocenters. The second-order valence-corrected chi connectivity index (χ2v) is 20.4. The number of hydrogen-bond donors (Lipinski definition) is 9. The van der Waals surface area contributed by atoms with Gasteiger partial charge in [0.1, 0.15) is 6.10 Å². The molecule has 4 saturated carbocycles. The lowest BCUT2D eigenvalue weighted by Crippen LogP contribution is -2.68. The Morgan fingerprint density at radius 3 is 2.50 bits per heavy atom. The van der Waals surface area contributed by atoms with Gasteiger partial charge in [-0.3, -0.25) is 4.79 Å². The molecule has 2 aliphatic heterocycles. The Kier molecular flexibility index (Phi) is 13.3. The summed E-state index contributed by atoms with van der Waals surface area (Å²) in [6.45, 7) is 8.52. The number of nitrogens with one attached hydrogen (secondary N) is 2. The summed E-state index contributed by atoms with van der Waals surface area (Å²) in [7, 11) is 0. The van der Waals surface area contributed by atoms with Crippen molar-refractivity contribution >= 4 is 5.78 Å². The number of ether oxygens (including phenoxy) is 1. The van der Waals surface area contributed by atoms with Crippen LogP contribution >= 0.6 is 0 Å². The van der Waals surface area contributed by atoms with Gasteiger partial charge in [-0.05, 0) is 137 Å². The number of fused-ring (bicyclic) bond motifs is 5. The zero-order valence-electron chi connectivity index (χ0n) is 35.9. The van der Waals surface area contributed by atoms with Gasteiger partial charge in [0.25, 0.3) is 0 Å². The number of unbranched alkanes of at least 4 members (excludes halogenated alkanes) is 3. The van der Waals surface area contributed by atoms with Crippen molar-refractivity contribution in [3.63, 3.8) is 0 Å². The van der Waals surface area contributed by atoms with E-state index in [0.717, 1.165) is 50.5 Å². The standard InChI is InChI=1S/C47H77N3O8/c1-5-6-7-9-12-31-27-58-42(29(31)3)43(55)44(4,56)37-19-22-47(57)39-33(18-21-46(37,47)32-13-10-8-11-14-32)45(20-17-30-15-16-38(48)49-26-30)24-36(53)35(52)23-34(45)41(54)40(39)50-25-28(2)51/h15-16,26,28-29,31-38,42-43,49-53,55-57H,5-14,17-25,27,48H2,1-4H3/t28-,29-,31+,33-,34-,35+,36-,37+,38?,42+,43+,44+,45+,46-,47+/m0/s1. The molecule has 328 valence electrons. The first kappa shape index (κ1) is 44.2. The molecule has 0 bridgehead atoms. The van der Waals surface area contributed by atoms with E-state index in [-0.39, 0.29) is 49.1 Å². The van der Waals surface area contributed by atoms with Gasteiger partial charge in [0, 0.05) is 24.1 Å². The summed E-state index contributed by atoms with van der Waals surface area (Å²) >= 11 is 0. The van der Waals surface area contributed by atoms with E-state index in [1.807, 2.05) is 18.4 Å². The molecule has 0 aromatic carbocycles. The summed E-state index contributed by atoms with van der Waals surface area (Å²) in [6, 6.07) is 0. The molecular weight excluding hydrogens is 735 g/mol. The lowest BCUT2D eigenvalue weighted by atomic mass is 9.41. The van der Waals surface area contributed by atoms with E-state index in [1.54, 1.807) is 13.8 Å². The first-order chi connectivity index (χ1) is 27.6. The maximum Gasteiger partial charge on any atom is 0.182 e. The molecule has 7 aliphatic rings. The molecule has 10 N–H and O–H groups in total. The van der Waals surface area contributed by atoms with E-state index < -0.39 is 64.4 Å². The third-order valence-electron chi connectivity index (χ3n) is 17.1. The molecule has 58 heavy (non-hydrogen) atoms. The highest BCUT2D eigenvalue weighted by Crippen LogP contribution is 2.73. The Morgan fingerprint density at radius 2 is 1.81 bits per heavy atom. The molecule has 11 nitrogen and oxygen atoms in total. The average Bonchev–Trinajstić information content (AvgIpc) is 3.74. The molecule has 5 fully saturated rings. The van der Waals surface area contributed by atoms with Gasteiger partial charge in [0.2, 0.25) is 0 Å². The topological polar surface area (TPSA) is 198 Å². The van der Waals surface area contributed by atoms with Gasteiger partial charge in [0.15, 0.2) is 5.78 Å². The minimum Gasteiger partial charge on any atom is -0.392 e. The summed E-state index contributed by atoms with van der Waals surface area (Å²) in [4.78, 5) is 15.3. The van der Waals surface area contributed by atoms with Gasteiger partial charge in [-0.2, -0.15) is 0 Å². The summed E-state index contributed by atoms with van der Waals surface area (Å²) in [5.74, 6) is -1.08. The molecular formula is C47H77N3O8. The number of rotatable bonds is 15. The number of hydrogen-bond acceptors (Lipinski definition) is 11. The predicted molar refractivity (Wildman–Crippen MR) is 224 cm³/mol. The van der Waals surface area contributed by atoms with Gasteiger partial charge in [-0.25, -0.2) is 0 Å². The highest BCUT2D eigenvalue weighted by atomic mass is 16.5. The van der Waals surface area contributed by atoms with Crippen LogP contribution in [0.4, 0.5) is 0 Å². The highest BCUT2D eigenvalue weighted by Gasteiger charge is 2.74. The van der Waals surface area contributed by atoms with Crippen LogP contribution in [0.5, 0.6) is 0 Å². The molecule has 0 radical (unpaired) electrons. The number of carbonyl (C=O) groups is 1. The van der Waals surface area contributed by atoms with E-state index in [0.29, 0.717) is 62.3 Å². The molecule has 1 saturated heterocycles. The first-order valence-electron chi connectivity index (χ1n) is 23.3. The first-order valence-corrected chi connectivity index (χ1v) is 23.3. The monoisotopic (exact) mass is 812 g/mol. The minimum absolute atomic E-state index is 0.0625. The number of allylic oxidation sites excluding steroid dienone is 3. The Labute approximate surface area is 347 Å². The highest BCUT2D eigenvalue weighted by molar-refractivity contribution is 6.00. The zero-order chi connectivity index (χ0) is 41.6. The van der Waals surface area contributed by atoms with Crippen molar-refractivity contribution in [1.29, 1.82) is 0 Å². The molecule has 0 aromatic heterocycles. The van der Waals surface area contributed by atoms with E-state index in [4.69, 9.17) is 10.5 Å². The Bertz CT molecular complexity index is 1560.